The van der Waals surface area contributed by atoms with E-state index >= 15 is 0 Å². The van der Waals surface area contributed by atoms with Gasteiger partial charge >= 0.3 is 0 Å². The van der Waals surface area contributed by atoms with Crippen molar-refractivity contribution in [2.24, 2.45) is 5.92 Å². The van der Waals surface area contributed by atoms with Crippen LogP contribution in [-0.2, 0) is 13.0 Å². The second-order valence-corrected chi connectivity index (χ2v) is 6.77. The van der Waals surface area contributed by atoms with Gasteiger partial charge in [-0.05, 0) is 51.5 Å². The van der Waals surface area contributed by atoms with Crippen LogP contribution >= 0.6 is 27.5 Å². The van der Waals surface area contributed by atoms with Crippen LogP contribution < -0.4 is 5.32 Å². The zero-order valence-electron chi connectivity index (χ0n) is 12.1. The lowest BCUT2D eigenvalue weighted by Crippen LogP contribution is -2.02. The van der Waals surface area contributed by atoms with Crippen molar-refractivity contribution in [1.29, 1.82) is 0 Å². The van der Waals surface area contributed by atoms with Crippen LogP contribution in [0.25, 0.3) is 0 Å². The summed E-state index contributed by atoms with van der Waals surface area (Å²) >= 11 is 9.37. The lowest BCUT2D eigenvalue weighted by Gasteiger charge is -2.12. The van der Waals surface area contributed by atoms with Crippen LogP contribution in [-0.4, -0.2) is 0 Å². The maximum Gasteiger partial charge on any atom is 0.125 e. The Bertz CT molecular complexity index is 588. The topological polar surface area (TPSA) is 12.0 Å². The molecule has 4 heteroatoms. The molecular formula is C17H18BrClFN. The summed E-state index contributed by atoms with van der Waals surface area (Å²) in [6.07, 6.45) is 1.09. The largest absolute Gasteiger partial charge is 0.379 e. The molecule has 2 aromatic carbocycles. The highest BCUT2D eigenvalue weighted by molar-refractivity contribution is 9.10. The predicted molar refractivity (Wildman–Crippen MR) is 91.4 cm³/mol. The van der Waals surface area contributed by atoms with E-state index in [1.54, 1.807) is 0 Å². The molecule has 2 rings (SSSR count). The molecule has 1 nitrogen and oxygen atoms in total. The molecule has 0 spiro atoms. The Labute approximate surface area is 138 Å². The van der Waals surface area contributed by atoms with E-state index in [-0.39, 0.29) is 5.82 Å². The summed E-state index contributed by atoms with van der Waals surface area (Å²) in [5, 5.41) is 3.61. The Hall–Kier alpha value is -1.06. The van der Waals surface area contributed by atoms with Gasteiger partial charge in [0.25, 0.3) is 0 Å². The zero-order chi connectivity index (χ0) is 15.4. The normalized spacial score (nSPS) is 11.0. The molecule has 0 aliphatic rings. The fraction of sp³-hybridized carbons (Fsp3) is 0.294. The van der Waals surface area contributed by atoms with Crippen molar-refractivity contribution < 1.29 is 4.39 Å². The average Bonchev–Trinajstić information content (AvgIpc) is 2.38. The molecule has 0 bridgehead atoms. The molecule has 0 aliphatic heterocycles. The van der Waals surface area contributed by atoms with Crippen LogP contribution in [0.1, 0.15) is 25.0 Å². The van der Waals surface area contributed by atoms with Gasteiger partial charge in [0.1, 0.15) is 5.82 Å². The summed E-state index contributed by atoms with van der Waals surface area (Å²) in [7, 11) is 0. The summed E-state index contributed by atoms with van der Waals surface area (Å²) in [5.74, 6) is 0.304. The van der Waals surface area contributed by atoms with E-state index in [9.17, 15) is 4.39 Å². The molecule has 0 heterocycles. The van der Waals surface area contributed by atoms with Gasteiger partial charge in [0, 0.05) is 11.0 Å². The molecule has 2 aromatic rings. The third-order valence-electron chi connectivity index (χ3n) is 3.14. The fourth-order valence-electron chi connectivity index (χ4n) is 2.17. The van der Waals surface area contributed by atoms with Crippen molar-refractivity contribution in [3.8, 4) is 0 Å². The molecule has 0 radical (unpaired) electrons. The van der Waals surface area contributed by atoms with Crippen molar-refractivity contribution in [2.45, 2.75) is 26.8 Å². The van der Waals surface area contributed by atoms with Gasteiger partial charge in [-0.25, -0.2) is 4.39 Å². The first-order valence-electron chi connectivity index (χ1n) is 6.92. The molecule has 21 heavy (non-hydrogen) atoms. The molecule has 0 unspecified atom stereocenters. The second-order valence-electron chi connectivity index (χ2n) is 5.51. The van der Waals surface area contributed by atoms with Crippen LogP contribution in [0.5, 0.6) is 0 Å². The van der Waals surface area contributed by atoms with Crippen LogP contribution in [0, 0.1) is 11.7 Å². The molecule has 0 amide bonds. The Kier molecular flexibility index (Phi) is 5.65. The van der Waals surface area contributed by atoms with Crippen molar-refractivity contribution >= 4 is 33.2 Å². The summed E-state index contributed by atoms with van der Waals surface area (Å²) < 4.78 is 13.8. The standard InChI is InChI=1S/C17H18BrClFN/c1-11(2)7-12-3-5-13(6-4-12)10-21-17-15(18)8-14(20)9-16(17)19/h3-6,8-9,11,21H,7,10H2,1-2H3. The van der Waals surface area contributed by atoms with Gasteiger partial charge < -0.3 is 5.32 Å². The van der Waals surface area contributed by atoms with E-state index in [4.69, 9.17) is 11.6 Å². The number of hydrogen-bond acceptors (Lipinski definition) is 1. The smallest absolute Gasteiger partial charge is 0.125 e. The Morgan fingerprint density at radius 2 is 1.76 bits per heavy atom. The van der Waals surface area contributed by atoms with E-state index in [0.29, 0.717) is 27.6 Å². The van der Waals surface area contributed by atoms with Gasteiger partial charge in [0.05, 0.1) is 10.7 Å². The van der Waals surface area contributed by atoms with E-state index in [1.165, 1.54) is 17.7 Å². The van der Waals surface area contributed by atoms with Gasteiger partial charge in [-0.15, -0.1) is 0 Å². The van der Waals surface area contributed by atoms with Crippen LogP contribution in [0.4, 0.5) is 10.1 Å². The van der Waals surface area contributed by atoms with Crippen LogP contribution in [0.15, 0.2) is 40.9 Å². The highest BCUT2D eigenvalue weighted by atomic mass is 79.9. The van der Waals surface area contributed by atoms with E-state index in [0.717, 1.165) is 12.0 Å². The van der Waals surface area contributed by atoms with Gasteiger partial charge in [0.15, 0.2) is 0 Å². The number of rotatable bonds is 5. The highest BCUT2D eigenvalue weighted by Crippen LogP contribution is 2.32. The highest BCUT2D eigenvalue weighted by Gasteiger charge is 2.08. The Balaban J connectivity index is 2.03. The van der Waals surface area contributed by atoms with Gasteiger partial charge in [-0.3, -0.25) is 0 Å². The lowest BCUT2D eigenvalue weighted by molar-refractivity contribution is 0.627. The minimum Gasteiger partial charge on any atom is -0.379 e. The minimum absolute atomic E-state index is 0.351. The number of halogens is 3. The first-order valence-corrected chi connectivity index (χ1v) is 8.09. The Morgan fingerprint density at radius 3 is 2.33 bits per heavy atom. The SMILES string of the molecule is CC(C)Cc1ccc(CNc2c(Cl)cc(F)cc2Br)cc1. The van der Waals surface area contributed by atoms with Gasteiger partial charge in [0.2, 0.25) is 0 Å². The molecule has 0 saturated heterocycles. The third-order valence-corrected chi connectivity index (χ3v) is 4.07. The lowest BCUT2D eigenvalue weighted by atomic mass is 10.0. The first kappa shape index (κ1) is 16.3. The predicted octanol–water partition coefficient (Wildman–Crippen LogP) is 6.05. The fourth-order valence-corrected chi connectivity index (χ4v) is 3.13. The van der Waals surface area contributed by atoms with Gasteiger partial charge in [-0.1, -0.05) is 49.7 Å². The summed E-state index contributed by atoms with van der Waals surface area (Å²) in [4.78, 5) is 0. The maximum atomic E-state index is 13.2. The first-order chi connectivity index (χ1) is 9.95. The molecule has 0 aromatic heterocycles. The summed E-state index contributed by atoms with van der Waals surface area (Å²) in [6.45, 7) is 5.07. The molecular weight excluding hydrogens is 353 g/mol. The Morgan fingerprint density at radius 1 is 1.14 bits per heavy atom. The van der Waals surface area contributed by atoms with E-state index in [2.05, 4.69) is 59.4 Å². The van der Waals surface area contributed by atoms with E-state index in [1.807, 2.05) is 0 Å². The van der Waals surface area contributed by atoms with Crippen molar-refractivity contribution in [1.82, 2.24) is 0 Å². The summed E-state index contributed by atoms with van der Waals surface area (Å²) in [6, 6.07) is 11.2. The molecule has 1 N–H and O–H groups in total. The quantitative estimate of drug-likeness (QED) is 0.675. The van der Waals surface area contributed by atoms with Crippen LogP contribution in [0.3, 0.4) is 0 Å². The van der Waals surface area contributed by atoms with Crippen molar-refractivity contribution in [2.75, 3.05) is 5.32 Å². The number of anilines is 1. The molecule has 112 valence electrons. The minimum atomic E-state index is -0.351. The molecule has 0 aliphatic carbocycles. The van der Waals surface area contributed by atoms with Crippen LogP contribution in [0.2, 0.25) is 5.02 Å². The van der Waals surface area contributed by atoms with E-state index < -0.39 is 0 Å². The second kappa shape index (κ2) is 7.28. The average molecular weight is 371 g/mol. The third kappa shape index (κ3) is 4.72. The summed E-state index contributed by atoms with van der Waals surface area (Å²) in [5.41, 5.74) is 3.22. The number of benzene rings is 2. The zero-order valence-corrected chi connectivity index (χ0v) is 14.4. The van der Waals surface area contributed by atoms with Crippen molar-refractivity contribution in [3.05, 3.63) is 62.8 Å². The molecule has 0 saturated carbocycles. The molecule has 0 fully saturated rings. The maximum absolute atomic E-state index is 13.2. The monoisotopic (exact) mass is 369 g/mol. The van der Waals surface area contributed by atoms with Gasteiger partial charge in [-0.2, -0.15) is 0 Å². The van der Waals surface area contributed by atoms with Crippen molar-refractivity contribution in [3.63, 3.8) is 0 Å². The number of nitrogens with one attached hydrogen (secondary N) is 1. The number of hydrogen-bond donors (Lipinski definition) is 1. The molecule has 0 atom stereocenters.